The summed E-state index contributed by atoms with van der Waals surface area (Å²) in [6.07, 6.45) is -0.850. The van der Waals surface area contributed by atoms with E-state index < -0.39 is 6.16 Å². The summed E-state index contributed by atoms with van der Waals surface area (Å²) in [7, 11) is 1.22. The van der Waals surface area contributed by atoms with E-state index in [0.717, 1.165) is 0 Å². The van der Waals surface area contributed by atoms with Crippen LogP contribution in [0, 0.1) is 12.7 Å². The first-order valence-electron chi connectivity index (χ1n) is 7.55. The first-order valence-corrected chi connectivity index (χ1v) is 8.34. The zero-order valence-corrected chi connectivity index (χ0v) is 15.7. The van der Waals surface area contributed by atoms with Crippen molar-refractivity contribution < 1.29 is 28.1 Å². The topological polar surface area (TPSA) is 54.0 Å². The average Bonchev–Trinajstić information content (AvgIpc) is 2.58. The van der Waals surface area contributed by atoms with E-state index in [2.05, 4.69) is 20.7 Å². The smallest absolute Gasteiger partial charge is 0.493 e. The fourth-order valence-corrected chi connectivity index (χ4v) is 2.67. The Morgan fingerprint density at radius 1 is 1.16 bits per heavy atom. The maximum Gasteiger partial charge on any atom is 0.513 e. The van der Waals surface area contributed by atoms with Crippen LogP contribution in [0.15, 0.2) is 34.8 Å². The highest BCUT2D eigenvalue weighted by Crippen LogP contribution is 2.33. The van der Waals surface area contributed by atoms with E-state index in [0.29, 0.717) is 33.7 Å². The van der Waals surface area contributed by atoms with Crippen LogP contribution in [0.25, 0.3) is 0 Å². The molecule has 0 heterocycles. The lowest BCUT2D eigenvalue weighted by Gasteiger charge is -2.16. The van der Waals surface area contributed by atoms with Crippen molar-refractivity contribution in [3.05, 3.63) is 51.7 Å². The normalized spacial score (nSPS) is 10.3. The van der Waals surface area contributed by atoms with Gasteiger partial charge in [-0.15, -0.1) is 0 Å². The van der Waals surface area contributed by atoms with Crippen LogP contribution in [-0.2, 0) is 11.3 Å². The predicted molar refractivity (Wildman–Crippen MR) is 93.8 cm³/mol. The lowest BCUT2D eigenvalue weighted by molar-refractivity contribution is 0.120. The summed E-state index contributed by atoms with van der Waals surface area (Å²) >= 11 is 3.35. The lowest BCUT2D eigenvalue weighted by Crippen LogP contribution is -2.11. The Morgan fingerprint density at radius 3 is 2.56 bits per heavy atom. The van der Waals surface area contributed by atoms with E-state index in [-0.39, 0.29) is 18.2 Å². The highest BCUT2D eigenvalue weighted by Gasteiger charge is 2.16. The Labute approximate surface area is 153 Å². The number of ether oxygens (including phenoxy) is 4. The van der Waals surface area contributed by atoms with Crippen molar-refractivity contribution in [1.82, 2.24) is 0 Å². The van der Waals surface area contributed by atoms with Crippen LogP contribution in [0.2, 0.25) is 0 Å². The molecule has 5 nitrogen and oxygen atoms in total. The zero-order valence-electron chi connectivity index (χ0n) is 14.1. The van der Waals surface area contributed by atoms with Crippen LogP contribution in [0.4, 0.5) is 9.18 Å². The summed E-state index contributed by atoms with van der Waals surface area (Å²) < 4.78 is 35.3. The summed E-state index contributed by atoms with van der Waals surface area (Å²) in [4.78, 5) is 11.4. The van der Waals surface area contributed by atoms with E-state index in [1.54, 1.807) is 31.2 Å². The second-order valence-electron chi connectivity index (χ2n) is 5.04. The van der Waals surface area contributed by atoms with Crippen molar-refractivity contribution in [1.29, 1.82) is 0 Å². The van der Waals surface area contributed by atoms with Crippen molar-refractivity contribution in [3.63, 3.8) is 0 Å². The molecule has 2 rings (SSSR count). The van der Waals surface area contributed by atoms with Crippen molar-refractivity contribution in [2.24, 2.45) is 0 Å². The number of hydrogen-bond donors (Lipinski definition) is 0. The SMILES string of the molecule is CCOc1cccc(OC(=O)OC)c1COc1cc(F)c(C)cc1Br. The van der Waals surface area contributed by atoms with E-state index in [9.17, 15) is 9.18 Å². The molecule has 0 N–H and O–H groups in total. The Hall–Kier alpha value is -2.28. The Morgan fingerprint density at radius 2 is 1.88 bits per heavy atom. The van der Waals surface area contributed by atoms with Gasteiger partial charge in [-0.2, -0.15) is 0 Å². The minimum Gasteiger partial charge on any atom is -0.493 e. The third-order valence-electron chi connectivity index (χ3n) is 3.34. The molecule has 0 saturated carbocycles. The van der Waals surface area contributed by atoms with Crippen molar-refractivity contribution in [2.45, 2.75) is 20.5 Å². The number of halogens is 2. The van der Waals surface area contributed by atoms with Crippen molar-refractivity contribution >= 4 is 22.1 Å². The molecule has 134 valence electrons. The molecular weight excluding hydrogens is 395 g/mol. The summed E-state index contributed by atoms with van der Waals surface area (Å²) in [6, 6.07) is 7.95. The second kappa shape index (κ2) is 8.71. The maximum atomic E-state index is 13.8. The molecule has 2 aromatic rings. The molecule has 0 amide bonds. The van der Waals surface area contributed by atoms with Gasteiger partial charge in [-0.3, -0.25) is 0 Å². The van der Waals surface area contributed by atoms with Crippen LogP contribution < -0.4 is 14.2 Å². The molecule has 2 aromatic carbocycles. The Balaban J connectivity index is 2.30. The van der Waals surface area contributed by atoms with Gasteiger partial charge in [0, 0.05) is 6.07 Å². The summed E-state index contributed by atoms with van der Waals surface area (Å²) in [6.45, 7) is 3.95. The molecule has 0 aliphatic carbocycles. The van der Waals surface area contributed by atoms with Crippen LogP contribution in [0.1, 0.15) is 18.1 Å². The van der Waals surface area contributed by atoms with E-state index >= 15 is 0 Å². The number of benzene rings is 2. The van der Waals surface area contributed by atoms with Gasteiger partial charge < -0.3 is 18.9 Å². The van der Waals surface area contributed by atoms with Crippen molar-refractivity contribution in [3.8, 4) is 17.2 Å². The van der Waals surface area contributed by atoms with E-state index in [4.69, 9.17) is 14.2 Å². The monoisotopic (exact) mass is 412 g/mol. The molecule has 0 aliphatic rings. The molecular formula is C18H18BrFO5. The van der Waals surface area contributed by atoms with Gasteiger partial charge in [0.2, 0.25) is 0 Å². The van der Waals surface area contributed by atoms with Gasteiger partial charge in [0.15, 0.2) is 0 Å². The summed E-state index contributed by atoms with van der Waals surface area (Å²) in [5.74, 6) is 0.717. The second-order valence-corrected chi connectivity index (χ2v) is 5.90. The molecule has 0 atom stereocenters. The molecule has 0 aromatic heterocycles. The number of carbonyl (C=O) groups is 1. The quantitative estimate of drug-likeness (QED) is 0.492. The molecule has 0 saturated heterocycles. The van der Waals surface area contributed by atoms with Crippen LogP contribution in [0.5, 0.6) is 17.2 Å². The van der Waals surface area contributed by atoms with Crippen LogP contribution in [-0.4, -0.2) is 19.9 Å². The Bertz CT molecular complexity index is 763. The third-order valence-corrected chi connectivity index (χ3v) is 3.95. The first kappa shape index (κ1) is 19.1. The number of methoxy groups -OCH3 is 1. The van der Waals surface area contributed by atoms with Gasteiger partial charge >= 0.3 is 6.16 Å². The highest BCUT2D eigenvalue weighted by atomic mass is 79.9. The van der Waals surface area contributed by atoms with Gasteiger partial charge in [-0.1, -0.05) is 6.07 Å². The average molecular weight is 413 g/mol. The van der Waals surface area contributed by atoms with Gasteiger partial charge in [0.25, 0.3) is 0 Å². The summed E-state index contributed by atoms with van der Waals surface area (Å²) in [5.41, 5.74) is 1.02. The largest absolute Gasteiger partial charge is 0.513 e. The van der Waals surface area contributed by atoms with Gasteiger partial charge in [-0.05, 0) is 53.5 Å². The molecule has 0 spiro atoms. The fraction of sp³-hybridized carbons (Fsp3) is 0.278. The predicted octanol–water partition coefficient (Wildman–Crippen LogP) is 5.02. The number of rotatable bonds is 6. The molecule has 0 unspecified atom stereocenters. The van der Waals surface area contributed by atoms with Gasteiger partial charge in [-0.25, -0.2) is 9.18 Å². The van der Waals surface area contributed by atoms with Gasteiger partial charge in [0.1, 0.15) is 29.7 Å². The van der Waals surface area contributed by atoms with Crippen LogP contribution in [0.3, 0.4) is 0 Å². The first-order chi connectivity index (χ1) is 12.0. The minimum absolute atomic E-state index is 0.0175. The van der Waals surface area contributed by atoms with E-state index in [1.165, 1.54) is 13.2 Å². The molecule has 7 heteroatoms. The number of hydrogen-bond acceptors (Lipinski definition) is 5. The van der Waals surface area contributed by atoms with Crippen molar-refractivity contribution in [2.75, 3.05) is 13.7 Å². The lowest BCUT2D eigenvalue weighted by atomic mass is 10.2. The molecule has 0 bridgehead atoms. The highest BCUT2D eigenvalue weighted by molar-refractivity contribution is 9.10. The maximum absolute atomic E-state index is 13.8. The van der Waals surface area contributed by atoms with Crippen LogP contribution >= 0.6 is 15.9 Å². The standard InChI is InChI=1S/C18H18BrFO5/c1-4-23-15-6-5-7-16(25-18(21)22-3)12(15)10-24-17-9-14(20)11(2)8-13(17)19/h5-9H,4,10H2,1-3H3. The molecule has 25 heavy (non-hydrogen) atoms. The summed E-state index contributed by atoms with van der Waals surface area (Å²) in [5, 5.41) is 0. The number of aryl methyl sites for hydroxylation is 1. The molecule has 0 radical (unpaired) electrons. The third kappa shape index (κ3) is 4.85. The fourth-order valence-electron chi connectivity index (χ4n) is 2.09. The van der Waals surface area contributed by atoms with E-state index in [1.807, 2.05) is 6.92 Å². The zero-order chi connectivity index (χ0) is 18.4. The van der Waals surface area contributed by atoms with Gasteiger partial charge in [0.05, 0.1) is 23.8 Å². The molecule has 0 aliphatic heterocycles. The number of carbonyl (C=O) groups excluding carboxylic acids is 1. The minimum atomic E-state index is -0.850. The molecule has 0 fully saturated rings. The Kier molecular flexibility index (Phi) is 6.64.